The maximum atomic E-state index is 12.2. The molecular formula is C13H16N2O. The predicted octanol–water partition coefficient (Wildman–Crippen LogP) is 2.47. The van der Waals surface area contributed by atoms with E-state index < -0.39 is 0 Å². The van der Waals surface area contributed by atoms with Gasteiger partial charge < -0.3 is 4.98 Å². The average Bonchev–Trinajstić information content (AvgIpc) is 2.23. The molecule has 2 rings (SSSR count). The number of hydrogen-bond acceptors (Lipinski definition) is 2. The summed E-state index contributed by atoms with van der Waals surface area (Å²) in [4.78, 5) is 19.8. The zero-order valence-corrected chi connectivity index (χ0v) is 10.4. The van der Waals surface area contributed by atoms with Crippen LogP contribution in [0.5, 0.6) is 0 Å². The molecule has 0 atom stereocenters. The highest BCUT2D eigenvalue weighted by Gasteiger charge is 2.12. The van der Waals surface area contributed by atoms with Gasteiger partial charge in [0, 0.05) is 17.0 Å². The maximum absolute atomic E-state index is 12.2. The number of aromatic amines is 1. The number of H-pyrrole nitrogens is 1. The normalized spacial score (nSPS) is 11.1. The van der Waals surface area contributed by atoms with Crippen molar-refractivity contribution in [2.24, 2.45) is 0 Å². The van der Waals surface area contributed by atoms with Crippen LogP contribution in [0.2, 0.25) is 0 Å². The molecular weight excluding hydrogens is 200 g/mol. The molecule has 2 heterocycles. The highest BCUT2D eigenvalue weighted by molar-refractivity contribution is 5.80. The van der Waals surface area contributed by atoms with Gasteiger partial charge in [0.2, 0.25) is 0 Å². The van der Waals surface area contributed by atoms with E-state index in [1.807, 2.05) is 34.6 Å². The lowest BCUT2D eigenvalue weighted by atomic mass is 10.0. The monoisotopic (exact) mass is 216 g/mol. The smallest absolute Gasteiger partial charge is 0.194 e. The van der Waals surface area contributed by atoms with Gasteiger partial charge in [0.25, 0.3) is 0 Å². The molecule has 0 aliphatic rings. The zero-order valence-electron chi connectivity index (χ0n) is 10.4. The van der Waals surface area contributed by atoms with E-state index in [9.17, 15) is 4.79 Å². The molecule has 2 aromatic rings. The molecule has 0 aromatic carbocycles. The van der Waals surface area contributed by atoms with Crippen LogP contribution in [-0.4, -0.2) is 9.97 Å². The summed E-state index contributed by atoms with van der Waals surface area (Å²) in [5.74, 6) is 0. The molecule has 0 spiro atoms. The highest BCUT2D eigenvalue weighted by Crippen LogP contribution is 2.18. The molecule has 0 saturated carbocycles. The molecule has 0 amide bonds. The molecule has 3 heteroatoms. The van der Waals surface area contributed by atoms with Crippen LogP contribution in [0.25, 0.3) is 11.0 Å². The van der Waals surface area contributed by atoms with Crippen LogP contribution in [0.15, 0.2) is 4.79 Å². The summed E-state index contributed by atoms with van der Waals surface area (Å²) in [7, 11) is 0. The van der Waals surface area contributed by atoms with Crippen LogP contribution < -0.4 is 5.43 Å². The number of rotatable bonds is 0. The molecule has 0 saturated heterocycles. The van der Waals surface area contributed by atoms with E-state index in [-0.39, 0.29) is 5.43 Å². The van der Waals surface area contributed by atoms with Crippen LogP contribution in [0.4, 0.5) is 0 Å². The number of aryl methyl sites for hydroxylation is 3. The third-order valence-electron chi connectivity index (χ3n) is 3.43. The first kappa shape index (κ1) is 10.9. The molecule has 0 aliphatic carbocycles. The number of nitrogens with one attached hydrogen (secondary N) is 1. The molecule has 0 radical (unpaired) electrons. The van der Waals surface area contributed by atoms with Gasteiger partial charge >= 0.3 is 0 Å². The van der Waals surface area contributed by atoms with Crippen molar-refractivity contribution in [2.45, 2.75) is 34.6 Å². The lowest BCUT2D eigenvalue weighted by Gasteiger charge is -2.10. The Balaban J connectivity index is 3.10. The fourth-order valence-electron chi connectivity index (χ4n) is 1.94. The van der Waals surface area contributed by atoms with E-state index in [4.69, 9.17) is 0 Å². The molecule has 3 nitrogen and oxygen atoms in total. The van der Waals surface area contributed by atoms with E-state index in [1.54, 1.807) is 0 Å². The fourth-order valence-corrected chi connectivity index (χ4v) is 1.94. The molecule has 84 valence electrons. The predicted molar refractivity (Wildman–Crippen MR) is 66.0 cm³/mol. The number of pyridine rings is 2. The van der Waals surface area contributed by atoms with Crippen molar-refractivity contribution in [2.75, 3.05) is 0 Å². The number of nitrogens with zero attached hydrogens (tertiary/aromatic N) is 1. The Morgan fingerprint density at radius 1 is 0.938 bits per heavy atom. The van der Waals surface area contributed by atoms with Crippen molar-refractivity contribution >= 4 is 11.0 Å². The summed E-state index contributed by atoms with van der Waals surface area (Å²) in [5, 5.41) is 0.728. The van der Waals surface area contributed by atoms with Crippen LogP contribution in [0.1, 0.15) is 28.1 Å². The fraction of sp³-hybridized carbons (Fsp3) is 0.385. The molecule has 0 aliphatic heterocycles. The molecule has 0 bridgehead atoms. The quantitative estimate of drug-likeness (QED) is 0.735. The minimum Gasteiger partial charge on any atom is -0.343 e. The van der Waals surface area contributed by atoms with Gasteiger partial charge in [0.05, 0.1) is 5.39 Å². The van der Waals surface area contributed by atoms with E-state index in [0.717, 1.165) is 33.5 Å². The maximum Gasteiger partial charge on any atom is 0.194 e. The summed E-state index contributed by atoms with van der Waals surface area (Å²) >= 11 is 0. The van der Waals surface area contributed by atoms with Crippen LogP contribution in [-0.2, 0) is 0 Å². The van der Waals surface area contributed by atoms with Crippen molar-refractivity contribution in [3.05, 3.63) is 38.3 Å². The van der Waals surface area contributed by atoms with Crippen LogP contribution in [0.3, 0.4) is 0 Å². The second-order valence-electron chi connectivity index (χ2n) is 4.37. The Labute approximate surface area is 94.5 Å². The first-order valence-corrected chi connectivity index (χ1v) is 5.40. The molecule has 2 aromatic heterocycles. The van der Waals surface area contributed by atoms with E-state index in [2.05, 4.69) is 9.97 Å². The summed E-state index contributed by atoms with van der Waals surface area (Å²) in [6.45, 7) is 9.71. The number of aromatic nitrogens is 2. The van der Waals surface area contributed by atoms with Crippen LogP contribution >= 0.6 is 0 Å². The summed E-state index contributed by atoms with van der Waals surface area (Å²) in [6.07, 6.45) is 0. The van der Waals surface area contributed by atoms with E-state index in [1.165, 1.54) is 0 Å². The van der Waals surface area contributed by atoms with Gasteiger partial charge in [-0.2, -0.15) is 0 Å². The molecule has 16 heavy (non-hydrogen) atoms. The van der Waals surface area contributed by atoms with Gasteiger partial charge in [0.15, 0.2) is 5.43 Å². The molecule has 1 N–H and O–H groups in total. The Bertz CT molecular complexity index is 633. The van der Waals surface area contributed by atoms with Gasteiger partial charge in [-0.3, -0.25) is 4.79 Å². The van der Waals surface area contributed by atoms with E-state index >= 15 is 0 Å². The highest BCUT2D eigenvalue weighted by atomic mass is 16.1. The second-order valence-corrected chi connectivity index (χ2v) is 4.37. The summed E-state index contributed by atoms with van der Waals surface area (Å²) < 4.78 is 0. The third-order valence-corrected chi connectivity index (χ3v) is 3.43. The standard InChI is InChI=1S/C13H16N2O/c1-6-7(2)11-12(16)8(3)10(5)15-13(11)14-9(6)4/h1-5H3,(H,14,15,16). The first-order valence-electron chi connectivity index (χ1n) is 5.40. The summed E-state index contributed by atoms with van der Waals surface area (Å²) in [6, 6.07) is 0. The molecule has 0 unspecified atom stereocenters. The lowest BCUT2D eigenvalue weighted by molar-refractivity contribution is 1.09. The van der Waals surface area contributed by atoms with Crippen molar-refractivity contribution < 1.29 is 0 Å². The second kappa shape index (κ2) is 3.44. The topological polar surface area (TPSA) is 45.8 Å². The van der Waals surface area contributed by atoms with Crippen molar-refractivity contribution in [1.82, 2.24) is 9.97 Å². The van der Waals surface area contributed by atoms with Crippen molar-refractivity contribution in [3.8, 4) is 0 Å². The Morgan fingerprint density at radius 2 is 1.56 bits per heavy atom. The zero-order chi connectivity index (χ0) is 12.0. The average molecular weight is 216 g/mol. The lowest BCUT2D eigenvalue weighted by Crippen LogP contribution is -2.13. The SMILES string of the molecule is Cc1nc2[nH]c(C)c(C)c(=O)c2c(C)c1C. The van der Waals surface area contributed by atoms with Gasteiger partial charge in [-0.15, -0.1) is 0 Å². The van der Waals surface area contributed by atoms with Crippen LogP contribution in [0, 0.1) is 34.6 Å². The Morgan fingerprint density at radius 3 is 2.19 bits per heavy atom. The minimum absolute atomic E-state index is 0.0966. The van der Waals surface area contributed by atoms with Gasteiger partial charge in [0.1, 0.15) is 5.65 Å². The Kier molecular flexibility index (Phi) is 2.34. The number of hydrogen-bond donors (Lipinski definition) is 1. The largest absolute Gasteiger partial charge is 0.343 e. The van der Waals surface area contributed by atoms with E-state index in [0.29, 0.717) is 5.65 Å². The number of fused-ring (bicyclic) bond motifs is 1. The summed E-state index contributed by atoms with van der Waals surface area (Å²) in [5.41, 5.74) is 5.58. The van der Waals surface area contributed by atoms with Crippen molar-refractivity contribution in [1.29, 1.82) is 0 Å². The Hall–Kier alpha value is -1.64. The molecule has 0 fully saturated rings. The first-order chi connectivity index (χ1) is 7.43. The third kappa shape index (κ3) is 1.35. The minimum atomic E-state index is 0.0966. The van der Waals surface area contributed by atoms with Gasteiger partial charge in [-0.1, -0.05) is 0 Å². The van der Waals surface area contributed by atoms with Crippen molar-refractivity contribution in [3.63, 3.8) is 0 Å². The van der Waals surface area contributed by atoms with Gasteiger partial charge in [-0.05, 0) is 45.7 Å². The van der Waals surface area contributed by atoms with Gasteiger partial charge in [-0.25, -0.2) is 4.98 Å².